The van der Waals surface area contributed by atoms with Crippen molar-refractivity contribution < 1.29 is 14.6 Å². The Hall–Kier alpha value is -2.33. The van der Waals surface area contributed by atoms with Gasteiger partial charge in [-0.2, -0.15) is 4.98 Å². The quantitative estimate of drug-likeness (QED) is 0.635. The maximum absolute atomic E-state index is 12.0. The van der Waals surface area contributed by atoms with Crippen LogP contribution < -0.4 is 10.2 Å². The number of nitrogens with zero attached hydrogens (tertiary/aromatic N) is 5. The molecule has 4 heterocycles. The van der Waals surface area contributed by atoms with E-state index in [1.807, 2.05) is 4.57 Å². The van der Waals surface area contributed by atoms with Gasteiger partial charge in [-0.05, 0) is 12.8 Å². The molecule has 2 aromatic rings. The molecule has 0 saturated heterocycles. The number of thioether (sulfide) groups is 1. The minimum atomic E-state index is -0.396. The minimum absolute atomic E-state index is 0.0498. The zero-order chi connectivity index (χ0) is 21.3. The standard InChI is InChI=1S/C20H28N6O3S/c1-4-29-19(28)14-9-25-6-7-26(10-16(25)21-14)20-23-13-5-8-30-17(13)18(24-20)22-15(11-27)12(2)3/h9,12,15,27H,4-8,10-11H2,1-3H3,(H,22,23,24). The predicted molar refractivity (Wildman–Crippen MR) is 115 cm³/mol. The number of aromatic nitrogens is 4. The molecule has 0 bridgehead atoms. The largest absolute Gasteiger partial charge is 0.461 e. The molecule has 10 heteroatoms. The number of nitrogens with one attached hydrogen (secondary N) is 1. The molecule has 2 aliphatic rings. The van der Waals surface area contributed by atoms with Crippen molar-refractivity contribution in [3.8, 4) is 0 Å². The van der Waals surface area contributed by atoms with Crippen molar-refractivity contribution in [2.75, 3.05) is 35.7 Å². The molecular formula is C20H28N6O3S. The summed E-state index contributed by atoms with van der Waals surface area (Å²) < 4.78 is 7.06. The van der Waals surface area contributed by atoms with Crippen LogP contribution in [-0.4, -0.2) is 62.1 Å². The van der Waals surface area contributed by atoms with Crippen molar-refractivity contribution in [3.63, 3.8) is 0 Å². The fraction of sp³-hybridized carbons (Fsp3) is 0.600. The van der Waals surface area contributed by atoms with Gasteiger partial charge in [0.25, 0.3) is 0 Å². The highest BCUT2D eigenvalue weighted by Crippen LogP contribution is 2.37. The highest BCUT2D eigenvalue weighted by Gasteiger charge is 2.27. The Bertz CT molecular complexity index is 932. The molecule has 2 aliphatic heterocycles. The lowest BCUT2D eigenvalue weighted by molar-refractivity contribution is 0.0520. The molecule has 0 fully saturated rings. The van der Waals surface area contributed by atoms with Crippen molar-refractivity contribution in [1.82, 2.24) is 19.5 Å². The van der Waals surface area contributed by atoms with Gasteiger partial charge in [0.05, 0.1) is 36.4 Å². The Morgan fingerprint density at radius 3 is 2.90 bits per heavy atom. The third-order valence-electron chi connectivity index (χ3n) is 5.40. The Morgan fingerprint density at radius 2 is 2.17 bits per heavy atom. The lowest BCUT2D eigenvalue weighted by Gasteiger charge is -2.29. The first-order chi connectivity index (χ1) is 14.5. The molecule has 0 saturated carbocycles. The lowest BCUT2D eigenvalue weighted by atomic mass is 10.1. The topological polar surface area (TPSA) is 105 Å². The number of rotatable bonds is 7. The minimum Gasteiger partial charge on any atom is -0.461 e. The van der Waals surface area contributed by atoms with Gasteiger partial charge in [-0.15, -0.1) is 11.8 Å². The van der Waals surface area contributed by atoms with Crippen LogP contribution >= 0.6 is 11.8 Å². The van der Waals surface area contributed by atoms with Gasteiger partial charge in [0.15, 0.2) is 5.69 Å². The van der Waals surface area contributed by atoms with Gasteiger partial charge >= 0.3 is 5.97 Å². The first kappa shape index (κ1) is 20.9. The second kappa shape index (κ2) is 8.81. The Labute approximate surface area is 180 Å². The fourth-order valence-corrected chi connectivity index (χ4v) is 4.67. The van der Waals surface area contributed by atoms with Gasteiger partial charge in [-0.25, -0.2) is 14.8 Å². The van der Waals surface area contributed by atoms with Gasteiger partial charge in [0.2, 0.25) is 5.95 Å². The van der Waals surface area contributed by atoms with E-state index in [1.54, 1.807) is 24.9 Å². The number of aliphatic hydroxyl groups excluding tert-OH is 1. The SMILES string of the molecule is CCOC(=O)c1cn2c(n1)CN(c1nc3c(c(NC(CO)C(C)C)n1)SCC3)CC2. The smallest absolute Gasteiger partial charge is 0.358 e. The van der Waals surface area contributed by atoms with Gasteiger partial charge in [0, 0.05) is 31.5 Å². The second-order valence-electron chi connectivity index (χ2n) is 7.80. The van der Waals surface area contributed by atoms with E-state index in [-0.39, 0.29) is 18.6 Å². The predicted octanol–water partition coefficient (Wildman–Crippen LogP) is 1.95. The van der Waals surface area contributed by atoms with E-state index in [1.165, 1.54) is 0 Å². The summed E-state index contributed by atoms with van der Waals surface area (Å²) in [5, 5.41) is 13.2. The molecule has 0 spiro atoms. The third kappa shape index (κ3) is 4.11. The van der Waals surface area contributed by atoms with Crippen molar-refractivity contribution in [3.05, 3.63) is 23.4 Å². The number of anilines is 2. The zero-order valence-corrected chi connectivity index (χ0v) is 18.4. The lowest BCUT2D eigenvalue weighted by Crippen LogP contribution is -2.35. The van der Waals surface area contributed by atoms with Crippen LogP contribution in [0.2, 0.25) is 0 Å². The zero-order valence-electron chi connectivity index (χ0n) is 17.6. The number of hydrogen-bond donors (Lipinski definition) is 2. The molecule has 1 atom stereocenters. The van der Waals surface area contributed by atoms with E-state index < -0.39 is 5.97 Å². The molecule has 9 nitrogen and oxygen atoms in total. The number of carbonyl (C=O) groups excluding carboxylic acids is 1. The summed E-state index contributed by atoms with van der Waals surface area (Å²) in [6.07, 6.45) is 2.66. The number of hydrogen-bond acceptors (Lipinski definition) is 9. The number of aliphatic hydroxyl groups is 1. The molecule has 0 radical (unpaired) electrons. The van der Waals surface area contributed by atoms with Gasteiger partial charge in [-0.3, -0.25) is 0 Å². The van der Waals surface area contributed by atoms with Crippen LogP contribution in [0.5, 0.6) is 0 Å². The van der Waals surface area contributed by atoms with Gasteiger partial charge in [0.1, 0.15) is 11.6 Å². The van der Waals surface area contributed by atoms with E-state index >= 15 is 0 Å². The summed E-state index contributed by atoms with van der Waals surface area (Å²) in [4.78, 5) is 29.3. The van der Waals surface area contributed by atoms with Crippen molar-refractivity contribution in [2.45, 2.75) is 51.2 Å². The van der Waals surface area contributed by atoms with Crippen LogP contribution in [0.1, 0.15) is 42.8 Å². The molecule has 0 aromatic carbocycles. The van der Waals surface area contributed by atoms with Crippen LogP contribution in [-0.2, 0) is 24.2 Å². The number of esters is 1. The maximum atomic E-state index is 12.0. The molecule has 2 aromatic heterocycles. The number of ether oxygens (including phenoxy) is 1. The average Bonchev–Trinajstić information content (AvgIpc) is 3.37. The van der Waals surface area contributed by atoms with E-state index in [0.717, 1.165) is 41.0 Å². The van der Waals surface area contributed by atoms with Crippen LogP contribution in [0.25, 0.3) is 0 Å². The summed E-state index contributed by atoms with van der Waals surface area (Å²) in [7, 11) is 0. The summed E-state index contributed by atoms with van der Waals surface area (Å²) in [5.41, 5.74) is 1.39. The van der Waals surface area contributed by atoms with Crippen LogP contribution in [0.15, 0.2) is 11.1 Å². The molecule has 30 heavy (non-hydrogen) atoms. The van der Waals surface area contributed by atoms with Crippen LogP contribution in [0.4, 0.5) is 11.8 Å². The molecule has 0 aliphatic carbocycles. The second-order valence-corrected chi connectivity index (χ2v) is 8.91. The Morgan fingerprint density at radius 1 is 1.33 bits per heavy atom. The molecule has 0 amide bonds. The summed E-state index contributed by atoms with van der Waals surface area (Å²) >= 11 is 1.76. The monoisotopic (exact) mass is 432 g/mol. The summed E-state index contributed by atoms with van der Waals surface area (Å²) in [6.45, 7) is 8.27. The van der Waals surface area contributed by atoms with E-state index in [9.17, 15) is 9.90 Å². The van der Waals surface area contributed by atoms with Gasteiger partial charge in [-0.1, -0.05) is 13.8 Å². The highest BCUT2D eigenvalue weighted by molar-refractivity contribution is 7.99. The van der Waals surface area contributed by atoms with Crippen molar-refractivity contribution in [1.29, 1.82) is 0 Å². The normalized spacial score (nSPS) is 16.4. The molecule has 2 N–H and O–H groups in total. The number of carbonyl (C=O) groups is 1. The number of imidazole rings is 1. The molecular weight excluding hydrogens is 404 g/mol. The van der Waals surface area contributed by atoms with E-state index in [0.29, 0.717) is 31.3 Å². The van der Waals surface area contributed by atoms with E-state index in [2.05, 4.69) is 29.0 Å². The first-order valence-corrected chi connectivity index (χ1v) is 11.4. The maximum Gasteiger partial charge on any atom is 0.358 e. The highest BCUT2D eigenvalue weighted by atomic mass is 32.2. The molecule has 1 unspecified atom stereocenters. The fourth-order valence-electron chi connectivity index (χ4n) is 3.62. The van der Waals surface area contributed by atoms with Crippen LogP contribution in [0.3, 0.4) is 0 Å². The Balaban J connectivity index is 1.59. The number of aryl methyl sites for hydroxylation is 1. The van der Waals surface area contributed by atoms with Crippen LogP contribution in [0, 0.1) is 5.92 Å². The average molecular weight is 433 g/mol. The first-order valence-electron chi connectivity index (χ1n) is 10.4. The summed E-state index contributed by atoms with van der Waals surface area (Å²) in [6, 6.07) is -0.0644. The summed E-state index contributed by atoms with van der Waals surface area (Å²) in [5.74, 6) is 3.12. The van der Waals surface area contributed by atoms with E-state index in [4.69, 9.17) is 14.7 Å². The van der Waals surface area contributed by atoms with Crippen molar-refractivity contribution >= 4 is 29.5 Å². The van der Waals surface area contributed by atoms with Gasteiger partial charge < -0.3 is 24.6 Å². The molecule has 162 valence electrons. The third-order valence-corrected chi connectivity index (χ3v) is 6.53. The molecule has 4 rings (SSSR count). The number of fused-ring (bicyclic) bond motifs is 2. The van der Waals surface area contributed by atoms with Crippen molar-refractivity contribution in [2.24, 2.45) is 5.92 Å². The Kier molecular flexibility index (Phi) is 6.14.